The molecule has 4 N–H and O–H groups in total. The van der Waals surface area contributed by atoms with Crippen LogP contribution in [0.3, 0.4) is 0 Å². The van der Waals surface area contributed by atoms with E-state index < -0.39 is 23.5 Å². The first-order valence-corrected chi connectivity index (χ1v) is 16.0. The molecule has 12 heteroatoms. The lowest BCUT2D eigenvalue weighted by Gasteiger charge is -2.41. The minimum atomic E-state index is -1.41. The van der Waals surface area contributed by atoms with E-state index in [-0.39, 0.29) is 47.2 Å². The maximum absolute atomic E-state index is 15.4. The molecule has 2 aromatic rings. The number of piperazine rings is 1. The van der Waals surface area contributed by atoms with Crippen molar-refractivity contribution in [3.63, 3.8) is 0 Å². The molecule has 1 saturated carbocycles. The lowest BCUT2D eigenvalue weighted by molar-refractivity contribution is -0.115. The Kier molecular flexibility index (Phi) is 10.2. The van der Waals surface area contributed by atoms with Crippen LogP contribution < -0.4 is 15.8 Å². The maximum atomic E-state index is 15.4. The van der Waals surface area contributed by atoms with Gasteiger partial charge in [0.25, 0.3) is 5.91 Å². The molecular formula is C34H44FN7O4. The molecule has 11 nitrogen and oxygen atoms in total. The zero-order chi connectivity index (χ0) is 33.0. The molecule has 46 heavy (non-hydrogen) atoms. The Labute approximate surface area is 270 Å². The van der Waals surface area contributed by atoms with E-state index in [1.165, 1.54) is 29.4 Å². The minimum Gasteiger partial charge on any atom is -0.453 e. The number of carbonyl (C=O) groups excluding carboxylic acids is 2. The van der Waals surface area contributed by atoms with E-state index in [2.05, 4.69) is 52.8 Å². The second-order valence-corrected chi connectivity index (χ2v) is 12.6. The van der Waals surface area contributed by atoms with E-state index in [1.807, 2.05) is 0 Å². The highest BCUT2D eigenvalue weighted by Gasteiger charge is 2.38. The second kappa shape index (κ2) is 14.1. The van der Waals surface area contributed by atoms with Crippen molar-refractivity contribution in [3.05, 3.63) is 53.6 Å². The van der Waals surface area contributed by atoms with E-state index in [9.17, 15) is 14.7 Å². The van der Waals surface area contributed by atoms with Gasteiger partial charge in [-0.3, -0.25) is 19.5 Å². The first kappa shape index (κ1) is 33.2. The molecule has 3 aliphatic rings. The maximum Gasteiger partial charge on any atom is 0.326 e. The van der Waals surface area contributed by atoms with Gasteiger partial charge in [-0.2, -0.15) is 0 Å². The SMILES string of the molecule is CCN1C(=O)N(C2CCCCC2)C=C(C(=O)Nc2ccc(Oc3ccnc(N)c3C#CC(C)(C)N3CCN(C)CC3)c(F)c2)C1O. The number of nitrogens with two attached hydrogens (primary N) is 1. The molecule has 1 aromatic heterocycles. The fourth-order valence-corrected chi connectivity index (χ4v) is 6.11. The predicted molar refractivity (Wildman–Crippen MR) is 174 cm³/mol. The Bertz CT molecular complexity index is 1540. The van der Waals surface area contributed by atoms with Crippen molar-refractivity contribution in [1.82, 2.24) is 24.6 Å². The number of urea groups is 1. The van der Waals surface area contributed by atoms with Gasteiger partial charge < -0.3 is 25.8 Å². The first-order valence-electron chi connectivity index (χ1n) is 16.0. The summed E-state index contributed by atoms with van der Waals surface area (Å²) in [6.07, 6.45) is 6.28. The van der Waals surface area contributed by atoms with E-state index in [4.69, 9.17) is 10.5 Å². The minimum absolute atomic E-state index is 0.0164. The molecule has 246 valence electrons. The Morgan fingerprint density at radius 2 is 1.87 bits per heavy atom. The van der Waals surface area contributed by atoms with Gasteiger partial charge in [-0.25, -0.2) is 14.2 Å². The summed E-state index contributed by atoms with van der Waals surface area (Å²) in [7, 11) is 2.10. The number of nitrogens with one attached hydrogen (secondary N) is 1. The normalized spacial score (nSPS) is 20.2. The molecular weight excluding hydrogens is 589 g/mol. The number of nitrogen functional groups attached to an aromatic ring is 1. The number of pyridine rings is 1. The number of benzene rings is 1. The second-order valence-electron chi connectivity index (χ2n) is 12.6. The third-order valence-electron chi connectivity index (χ3n) is 9.03. The number of hydrogen-bond donors (Lipinski definition) is 3. The summed E-state index contributed by atoms with van der Waals surface area (Å²) in [5.41, 5.74) is 6.29. The van der Waals surface area contributed by atoms with Crippen molar-refractivity contribution in [2.24, 2.45) is 0 Å². The zero-order valence-electron chi connectivity index (χ0n) is 27.1. The first-order chi connectivity index (χ1) is 22.0. The van der Waals surface area contributed by atoms with Crippen LogP contribution in [-0.4, -0.2) is 99.2 Å². The number of aliphatic hydroxyl groups excluding tert-OH is 1. The zero-order valence-corrected chi connectivity index (χ0v) is 27.1. The summed E-state index contributed by atoms with van der Waals surface area (Å²) in [5, 5.41) is 13.5. The van der Waals surface area contributed by atoms with Gasteiger partial charge in [-0.05, 0) is 52.8 Å². The molecule has 0 spiro atoms. The van der Waals surface area contributed by atoms with Crippen molar-refractivity contribution >= 4 is 23.4 Å². The van der Waals surface area contributed by atoms with Crippen LogP contribution in [0, 0.1) is 17.7 Å². The van der Waals surface area contributed by atoms with Crippen LogP contribution in [0.2, 0.25) is 0 Å². The molecule has 2 aliphatic heterocycles. The molecule has 1 saturated heterocycles. The van der Waals surface area contributed by atoms with Crippen LogP contribution in [0.4, 0.5) is 20.7 Å². The fourth-order valence-electron chi connectivity index (χ4n) is 6.11. The smallest absolute Gasteiger partial charge is 0.326 e. The number of rotatable bonds is 7. The molecule has 2 fully saturated rings. The van der Waals surface area contributed by atoms with Gasteiger partial charge >= 0.3 is 6.03 Å². The number of ether oxygens (including phenoxy) is 1. The molecule has 3 heterocycles. The van der Waals surface area contributed by atoms with Crippen LogP contribution in [-0.2, 0) is 4.79 Å². The summed E-state index contributed by atoms with van der Waals surface area (Å²) >= 11 is 0. The van der Waals surface area contributed by atoms with Gasteiger partial charge in [0.1, 0.15) is 17.1 Å². The van der Waals surface area contributed by atoms with E-state index >= 15 is 4.39 Å². The van der Waals surface area contributed by atoms with Crippen LogP contribution in [0.25, 0.3) is 0 Å². The molecule has 1 aromatic carbocycles. The van der Waals surface area contributed by atoms with E-state index in [0.717, 1.165) is 64.3 Å². The van der Waals surface area contributed by atoms with Crippen molar-refractivity contribution < 1.29 is 23.8 Å². The highest BCUT2D eigenvalue weighted by molar-refractivity contribution is 6.05. The van der Waals surface area contributed by atoms with Crippen LogP contribution in [0.15, 0.2) is 42.2 Å². The summed E-state index contributed by atoms with van der Waals surface area (Å²) in [5.74, 6) is 5.41. The third-order valence-corrected chi connectivity index (χ3v) is 9.03. The number of aromatic nitrogens is 1. The number of carbonyl (C=O) groups is 2. The van der Waals surface area contributed by atoms with Gasteiger partial charge in [0.05, 0.1) is 11.1 Å². The summed E-state index contributed by atoms with van der Waals surface area (Å²) in [6, 6.07) is 5.25. The number of aliphatic hydroxyl groups is 1. The van der Waals surface area contributed by atoms with E-state index in [1.54, 1.807) is 17.9 Å². The van der Waals surface area contributed by atoms with Gasteiger partial charge in [-0.1, -0.05) is 31.1 Å². The fraction of sp³-hybridized carbons (Fsp3) is 0.500. The summed E-state index contributed by atoms with van der Waals surface area (Å²) in [6.45, 7) is 9.78. The highest BCUT2D eigenvalue weighted by Crippen LogP contribution is 2.32. The van der Waals surface area contributed by atoms with Crippen molar-refractivity contribution in [2.75, 3.05) is 50.8 Å². The van der Waals surface area contributed by atoms with Crippen molar-refractivity contribution in [2.45, 2.75) is 70.7 Å². The Hall–Kier alpha value is -4.18. The average Bonchev–Trinajstić information content (AvgIpc) is 3.03. The number of anilines is 2. The van der Waals surface area contributed by atoms with E-state index in [0.29, 0.717) is 5.56 Å². The van der Waals surface area contributed by atoms with Crippen LogP contribution in [0.1, 0.15) is 58.4 Å². The molecule has 3 amide bonds. The molecule has 1 aliphatic carbocycles. The Morgan fingerprint density at radius 3 is 2.54 bits per heavy atom. The largest absolute Gasteiger partial charge is 0.453 e. The Balaban J connectivity index is 1.32. The average molecular weight is 634 g/mol. The van der Waals surface area contributed by atoms with Crippen LogP contribution >= 0.6 is 0 Å². The standard InChI is InChI=1S/C34H44FN7O4/c1-5-41-32(44)26(22-42(33(41)45)24-9-7-6-8-10-24)31(43)38-23-11-12-29(27(35)21-23)46-28-14-16-37-30(36)25(28)13-15-34(2,3)40-19-17-39(4)18-20-40/h11-12,14,16,21-22,24,32,44H,5-10,17-20H2,1-4H3,(H2,36,37)(H,38,43). The number of likely N-dealkylation sites (N-methyl/N-ethyl adjacent to an activating group) is 2. The van der Waals surface area contributed by atoms with Gasteiger partial charge in [0.2, 0.25) is 0 Å². The highest BCUT2D eigenvalue weighted by atomic mass is 19.1. The molecule has 1 unspecified atom stereocenters. The van der Waals surface area contributed by atoms with Crippen molar-refractivity contribution in [3.8, 4) is 23.3 Å². The third kappa shape index (κ3) is 7.28. The van der Waals surface area contributed by atoms with Gasteiger partial charge in [0, 0.05) is 69.0 Å². The lowest BCUT2D eigenvalue weighted by atomic mass is 9.94. The van der Waals surface area contributed by atoms with Gasteiger partial charge in [-0.15, -0.1) is 0 Å². The quantitative estimate of drug-likeness (QED) is 0.388. The van der Waals surface area contributed by atoms with Crippen molar-refractivity contribution in [1.29, 1.82) is 0 Å². The number of halogens is 1. The topological polar surface area (TPSA) is 128 Å². The summed E-state index contributed by atoms with van der Waals surface area (Å²) < 4.78 is 21.3. The number of hydrogen-bond acceptors (Lipinski definition) is 8. The molecule has 0 bridgehead atoms. The van der Waals surface area contributed by atoms with Gasteiger partial charge in [0.15, 0.2) is 17.8 Å². The molecule has 5 rings (SSSR count). The monoisotopic (exact) mass is 633 g/mol. The molecule has 1 atom stereocenters. The predicted octanol–water partition coefficient (Wildman–Crippen LogP) is 4.20. The summed E-state index contributed by atoms with van der Waals surface area (Å²) in [4.78, 5) is 38.0. The van der Waals surface area contributed by atoms with Crippen LogP contribution in [0.5, 0.6) is 11.5 Å². The lowest BCUT2D eigenvalue weighted by Crippen LogP contribution is -2.55. The molecule has 0 radical (unpaired) electrons. The number of nitrogens with zero attached hydrogens (tertiary/aromatic N) is 5. The number of amides is 3. The Morgan fingerprint density at radius 1 is 1.15 bits per heavy atom.